The summed E-state index contributed by atoms with van der Waals surface area (Å²) < 4.78 is 12.3. The van der Waals surface area contributed by atoms with E-state index in [9.17, 15) is 4.79 Å². The summed E-state index contributed by atoms with van der Waals surface area (Å²) in [5, 5.41) is 3.06. The van der Waals surface area contributed by atoms with Gasteiger partial charge in [0.15, 0.2) is 5.76 Å². The number of ether oxygens (including phenoxy) is 1. The number of hydrogen-bond acceptors (Lipinski definition) is 4. The molecule has 3 aromatic rings. The Hall–Kier alpha value is -2.17. The quantitative estimate of drug-likeness (QED) is 0.568. The molecule has 124 valence electrons. The van der Waals surface area contributed by atoms with Crippen molar-refractivity contribution in [3.63, 3.8) is 0 Å². The topological polar surface area (TPSA) is 39.4 Å². The maximum absolute atomic E-state index is 13.0. The molecule has 3 nitrogen and oxygen atoms in total. The fraction of sp³-hybridized carbons (Fsp3) is 0.150. The Morgan fingerprint density at radius 1 is 1.08 bits per heavy atom. The van der Waals surface area contributed by atoms with Crippen LogP contribution < -0.4 is 10.2 Å². The average Bonchev–Trinajstić information content (AvgIpc) is 3.13. The Morgan fingerprint density at radius 2 is 1.92 bits per heavy atom. The molecule has 2 aliphatic rings. The lowest BCUT2D eigenvalue weighted by molar-refractivity contribution is 0.123. The van der Waals surface area contributed by atoms with Gasteiger partial charge in [0.2, 0.25) is 11.2 Å². The molecular formula is C20H13ClO3S. The van der Waals surface area contributed by atoms with Crippen molar-refractivity contribution >= 4 is 34.3 Å². The van der Waals surface area contributed by atoms with Crippen LogP contribution in [0.15, 0.2) is 69.2 Å². The minimum atomic E-state index is -0.204. The highest BCUT2D eigenvalue weighted by molar-refractivity contribution is 8.02. The van der Waals surface area contributed by atoms with E-state index in [1.807, 2.05) is 30.3 Å². The maximum Gasteiger partial charge on any atom is 0.234 e. The third-order valence-electron chi connectivity index (χ3n) is 4.69. The largest absolute Gasteiger partial charge is 0.478 e. The molecule has 0 spiro atoms. The van der Waals surface area contributed by atoms with E-state index in [-0.39, 0.29) is 22.7 Å². The zero-order valence-electron chi connectivity index (χ0n) is 13.0. The third-order valence-corrected chi connectivity index (χ3v) is 6.06. The van der Waals surface area contributed by atoms with Crippen molar-refractivity contribution in [3.8, 4) is 5.75 Å². The first-order chi connectivity index (χ1) is 12.2. The molecule has 0 saturated heterocycles. The van der Waals surface area contributed by atoms with Gasteiger partial charge in [-0.2, -0.15) is 0 Å². The van der Waals surface area contributed by atoms with Crippen LogP contribution >= 0.6 is 23.4 Å². The predicted octanol–water partition coefficient (Wildman–Crippen LogP) is 5.50. The van der Waals surface area contributed by atoms with Crippen molar-refractivity contribution in [2.75, 3.05) is 0 Å². The molecule has 0 fully saturated rings. The Bertz CT molecular complexity index is 1060. The molecule has 0 unspecified atom stereocenters. The zero-order chi connectivity index (χ0) is 17.0. The van der Waals surface area contributed by atoms with E-state index in [4.69, 9.17) is 20.8 Å². The number of rotatable bonds is 1. The van der Waals surface area contributed by atoms with Gasteiger partial charge in [-0.15, -0.1) is 11.8 Å². The van der Waals surface area contributed by atoms with Crippen molar-refractivity contribution in [1.82, 2.24) is 0 Å². The van der Waals surface area contributed by atoms with Gasteiger partial charge in [-0.25, -0.2) is 0 Å². The summed E-state index contributed by atoms with van der Waals surface area (Å²) in [4.78, 5) is 13.0. The van der Waals surface area contributed by atoms with Crippen LogP contribution in [0.3, 0.4) is 0 Å². The van der Waals surface area contributed by atoms with Crippen molar-refractivity contribution in [1.29, 1.82) is 0 Å². The second kappa shape index (κ2) is 5.68. The number of hydrogen-bond donors (Lipinski definition) is 0. The van der Waals surface area contributed by atoms with E-state index in [1.165, 1.54) is 0 Å². The molecule has 0 amide bonds. The maximum atomic E-state index is 13.0. The summed E-state index contributed by atoms with van der Waals surface area (Å²) in [5.41, 5.74) is 1.44. The van der Waals surface area contributed by atoms with E-state index in [0.717, 1.165) is 5.56 Å². The van der Waals surface area contributed by atoms with E-state index in [0.29, 0.717) is 27.5 Å². The number of thioether (sulfide) groups is 1. The van der Waals surface area contributed by atoms with Crippen molar-refractivity contribution < 1.29 is 9.15 Å². The smallest absolute Gasteiger partial charge is 0.234 e. The third kappa shape index (κ3) is 2.32. The van der Waals surface area contributed by atoms with Crippen LogP contribution in [0.4, 0.5) is 0 Å². The minimum absolute atomic E-state index is 0.0433. The summed E-state index contributed by atoms with van der Waals surface area (Å²) in [6, 6.07) is 15.1. The molecule has 0 bridgehead atoms. The van der Waals surface area contributed by atoms with Crippen molar-refractivity contribution in [2.45, 2.75) is 11.4 Å². The SMILES string of the molecule is O=c1c2c(oc3ccc(Cl)cc13)[C@@H]1SC=C[C@@H]1[C@H](c1ccccc1)O2. The molecule has 0 N–H and O–H groups in total. The molecule has 0 saturated carbocycles. The Morgan fingerprint density at radius 3 is 2.76 bits per heavy atom. The normalized spacial score (nSPS) is 24.0. The molecule has 1 aromatic heterocycles. The molecule has 2 aliphatic heterocycles. The minimum Gasteiger partial charge on any atom is -0.478 e. The Labute approximate surface area is 153 Å². The number of benzene rings is 2. The average molecular weight is 369 g/mol. The van der Waals surface area contributed by atoms with Crippen LogP contribution in [0.2, 0.25) is 5.02 Å². The Balaban J connectivity index is 1.73. The van der Waals surface area contributed by atoms with Gasteiger partial charge in [0.05, 0.1) is 10.6 Å². The Kier molecular flexibility index (Phi) is 3.43. The van der Waals surface area contributed by atoms with Crippen molar-refractivity contribution in [3.05, 3.63) is 86.6 Å². The molecule has 0 radical (unpaired) electrons. The van der Waals surface area contributed by atoms with Gasteiger partial charge in [0, 0.05) is 10.9 Å². The number of fused-ring (bicyclic) bond motifs is 4. The molecule has 5 heteroatoms. The molecule has 5 rings (SSSR count). The second-order valence-corrected chi connectivity index (χ2v) is 7.67. The standard InChI is InChI=1S/C20H13ClO3S/c21-12-6-7-15-14(10-12)16(22)18-19(23-15)20-13(8-9-25-20)17(24-18)11-4-2-1-3-5-11/h1-10,13,17,20H/t13-,17+,20-/m1/s1. The molecule has 25 heavy (non-hydrogen) atoms. The van der Waals surface area contributed by atoms with Gasteiger partial charge < -0.3 is 9.15 Å². The molecule has 3 heterocycles. The van der Waals surface area contributed by atoms with Crippen LogP contribution in [-0.4, -0.2) is 0 Å². The summed E-state index contributed by atoms with van der Waals surface area (Å²) in [6.07, 6.45) is 1.94. The van der Waals surface area contributed by atoms with Crippen LogP contribution in [0, 0.1) is 5.92 Å². The van der Waals surface area contributed by atoms with Gasteiger partial charge in [-0.05, 0) is 29.2 Å². The van der Waals surface area contributed by atoms with Gasteiger partial charge in [0.25, 0.3) is 0 Å². The number of halogens is 1. The van der Waals surface area contributed by atoms with E-state index in [2.05, 4.69) is 11.5 Å². The van der Waals surface area contributed by atoms with E-state index in [1.54, 1.807) is 30.0 Å². The highest BCUT2D eigenvalue weighted by Gasteiger charge is 2.43. The lowest BCUT2D eigenvalue weighted by atomic mass is 9.89. The van der Waals surface area contributed by atoms with Gasteiger partial charge >= 0.3 is 0 Å². The van der Waals surface area contributed by atoms with E-state index >= 15 is 0 Å². The fourth-order valence-electron chi connectivity index (χ4n) is 3.51. The summed E-state index contributed by atoms with van der Waals surface area (Å²) in [7, 11) is 0. The van der Waals surface area contributed by atoms with Crippen LogP contribution in [0.5, 0.6) is 5.75 Å². The predicted molar refractivity (Wildman–Crippen MR) is 100 cm³/mol. The van der Waals surface area contributed by atoms with Gasteiger partial charge in [-0.3, -0.25) is 4.79 Å². The zero-order valence-corrected chi connectivity index (χ0v) is 14.6. The fourth-order valence-corrected chi connectivity index (χ4v) is 4.82. The molecule has 0 aliphatic carbocycles. The lowest BCUT2D eigenvalue weighted by Gasteiger charge is -2.33. The molecule has 3 atom stereocenters. The summed E-state index contributed by atoms with van der Waals surface area (Å²) >= 11 is 7.72. The summed E-state index contributed by atoms with van der Waals surface area (Å²) in [6.45, 7) is 0. The first-order valence-corrected chi connectivity index (χ1v) is 9.34. The van der Waals surface area contributed by atoms with Crippen LogP contribution in [0.25, 0.3) is 11.0 Å². The first-order valence-electron chi connectivity index (χ1n) is 8.02. The van der Waals surface area contributed by atoms with E-state index < -0.39 is 0 Å². The van der Waals surface area contributed by atoms with Gasteiger partial charge in [0.1, 0.15) is 11.7 Å². The first kappa shape index (κ1) is 15.1. The van der Waals surface area contributed by atoms with Crippen molar-refractivity contribution in [2.24, 2.45) is 5.92 Å². The summed E-state index contributed by atoms with van der Waals surface area (Å²) in [5.74, 6) is 1.06. The second-order valence-electron chi connectivity index (χ2n) is 6.18. The van der Waals surface area contributed by atoms with Crippen LogP contribution in [-0.2, 0) is 0 Å². The van der Waals surface area contributed by atoms with Crippen LogP contribution in [0.1, 0.15) is 22.7 Å². The highest BCUT2D eigenvalue weighted by atomic mass is 35.5. The molecular weight excluding hydrogens is 356 g/mol. The van der Waals surface area contributed by atoms with Gasteiger partial charge in [-0.1, -0.05) is 48.0 Å². The monoisotopic (exact) mass is 368 g/mol. The lowest BCUT2D eigenvalue weighted by Crippen LogP contribution is -2.29. The highest BCUT2D eigenvalue weighted by Crippen LogP contribution is 2.55. The molecule has 2 aromatic carbocycles.